The van der Waals surface area contributed by atoms with Crippen LogP contribution < -0.4 is 0 Å². The van der Waals surface area contributed by atoms with E-state index in [0.717, 1.165) is 39.4 Å². The molecule has 1 spiro atoms. The summed E-state index contributed by atoms with van der Waals surface area (Å²) in [5, 5.41) is 2.68. The molecule has 0 bridgehead atoms. The van der Waals surface area contributed by atoms with Crippen molar-refractivity contribution in [2.75, 3.05) is 26.3 Å². The van der Waals surface area contributed by atoms with Crippen molar-refractivity contribution in [3.63, 3.8) is 0 Å². The fraction of sp³-hybridized carbons (Fsp3) is 0.333. The number of quaternary nitrogens is 1. The van der Waals surface area contributed by atoms with Gasteiger partial charge in [-0.15, -0.1) is 0 Å². The van der Waals surface area contributed by atoms with Gasteiger partial charge >= 0.3 is 0 Å². The molecule has 2 aliphatic rings. The highest BCUT2D eigenvalue weighted by Gasteiger charge is 2.38. The second-order valence-electron chi connectivity index (χ2n) is 6.07. The molecule has 0 aromatic heterocycles. The van der Waals surface area contributed by atoms with Crippen LogP contribution in [0.5, 0.6) is 0 Å². The van der Waals surface area contributed by atoms with Crippen molar-refractivity contribution in [3.05, 3.63) is 53.6 Å². The summed E-state index contributed by atoms with van der Waals surface area (Å²) in [6.45, 7) is 10.4. The lowest BCUT2D eigenvalue weighted by atomic mass is 9.96. The minimum atomic E-state index is 0.900. The smallest absolute Gasteiger partial charge is 0.106 e. The van der Waals surface area contributed by atoms with Gasteiger partial charge in [-0.2, -0.15) is 0 Å². The van der Waals surface area contributed by atoms with Gasteiger partial charge in [0, 0.05) is 11.1 Å². The standard InChI is InChI=1S/C18H20NO/c1-2-16-17-6-4-3-5-14(17)11-15-12-19(13-18(15)16)7-9-20-10-8-19/h2-6,11H,1,7-10,12-13H2/q+1. The third-order valence-electron chi connectivity index (χ3n) is 4.92. The average molecular weight is 266 g/mol. The van der Waals surface area contributed by atoms with Gasteiger partial charge in [0.1, 0.15) is 26.2 Å². The maximum Gasteiger partial charge on any atom is 0.106 e. The predicted molar refractivity (Wildman–Crippen MR) is 82.3 cm³/mol. The molecule has 0 radical (unpaired) electrons. The molecule has 2 aliphatic heterocycles. The first-order chi connectivity index (χ1) is 9.81. The number of fused-ring (bicyclic) bond motifs is 2. The zero-order chi connectivity index (χ0) is 13.6. The van der Waals surface area contributed by atoms with Crippen LogP contribution in [0.1, 0.15) is 16.7 Å². The Bertz CT molecular complexity index is 683. The van der Waals surface area contributed by atoms with Crippen LogP contribution in [0.3, 0.4) is 0 Å². The van der Waals surface area contributed by atoms with Crippen LogP contribution in [0.2, 0.25) is 0 Å². The highest BCUT2D eigenvalue weighted by molar-refractivity contribution is 5.92. The van der Waals surface area contributed by atoms with Crippen molar-refractivity contribution in [3.8, 4) is 0 Å². The third-order valence-corrected chi connectivity index (χ3v) is 4.92. The second kappa shape index (κ2) is 4.44. The van der Waals surface area contributed by atoms with Crippen molar-refractivity contribution in [1.82, 2.24) is 0 Å². The Kier molecular flexibility index (Phi) is 2.69. The molecule has 1 fully saturated rings. The fourth-order valence-electron chi connectivity index (χ4n) is 3.84. The van der Waals surface area contributed by atoms with Crippen LogP contribution >= 0.6 is 0 Å². The molecule has 2 aromatic rings. The van der Waals surface area contributed by atoms with E-state index in [0.29, 0.717) is 0 Å². The highest BCUT2D eigenvalue weighted by atomic mass is 16.5. The topological polar surface area (TPSA) is 9.23 Å². The van der Waals surface area contributed by atoms with Crippen molar-refractivity contribution < 1.29 is 9.22 Å². The molecular weight excluding hydrogens is 246 g/mol. The molecule has 2 nitrogen and oxygen atoms in total. The van der Waals surface area contributed by atoms with Crippen molar-refractivity contribution in [2.24, 2.45) is 0 Å². The quantitative estimate of drug-likeness (QED) is 0.719. The van der Waals surface area contributed by atoms with Gasteiger partial charge in [0.15, 0.2) is 0 Å². The van der Waals surface area contributed by atoms with E-state index in [4.69, 9.17) is 4.74 Å². The molecule has 2 heteroatoms. The van der Waals surface area contributed by atoms with Gasteiger partial charge in [-0.25, -0.2) is 0 Å². The number of rotatable bonds is 1. The summed E-state index contributed by atoms with van der Waals surface area (Å²) in [5.41, 5.74) is 4.38. The number of hydrogen-bond donors (Lipinski definition) is 0. The minimum absolute atomic E-state index is 0.900. The van der Waals surface area contributed by atoms with Crippen LogP contribution in [0.4, 0.5) is 0 Å². The Balaban J connectivity index is 1.88. The normalized spacial score (nSPS) is 20.2. The minimum Gasteiger partial charge on any atom is -0.370 e. The van der Waals surface area contributed by atoms with Crippen molar-refractivity contribution in [1.29, 1.82) is 0 Å². The van der Waals surface area contributed by atoms with Crippen LogP contribution in [-0.2, 0) is 17.8 Å². The third kappa shape index (κ3) is 1.72. The van der Waals surface area contributed by atoms with Gasteiger partial charge < -0.3 is 9.22 Å². The molecule has 0 aliphatic carbocycles. The Morgan fingerprint density at radius 1 is 1.10 bits per heavy atom. The highest BCUT2D eigenvalue weighted by Crippen LogP contribution is 2.37. The lowest BCUT2D eigenvalue weighted by Gasteiger charge is -2.37. The van der Waals surface area contributed by atoms with Gasteiger partial charge in [0.2, 0.25) is 0 Å². The molecule has 0 saturated carbocycles. The Morgan fingerprint density at radius 2 is 1.90 bits per heavy atom. The molecule has 2 heterocycles. The maximum atomic E-state index is 5.55. The zero-order valence-corrected chi connectivity index (χ0v) is 11.8. The van der Waals surface area contributed by atoms with E-state index in [2.05, 4.69) is 36.9 Å². The van der Waals surface area contributed by atoms with Gasteiger partial charge in [-0.05, 0) is 22.4 Å². The largest absolute Gasteiger partial charge is 0.370 e. The van der Waals surface area contributed by atoms with Gasteiger partial charge in [0.05, 0.1) is 13.2 Å². The molecular formula is C18H20NO+. The maximum absolute atomic E-state index is 5.55. The lowest BCUT2D eigenvalue weighted by Crippen LogP contribution is -2.50. The molecule has 0 atom stereocenters. The SMILES string of the molecule is C=Cc1c2c(cc3ccccc13)C[N+]1(CCOCC1)C2. The molecule has 4 rings (SSSR count). The molecule has 20 heavy (non-hydrogen) atoms. The Hall–Kier alpha value is -1.64. The summed E-state index contributed by atoms with van der Waals surface area (Å²) in [4.78, 5) is 0. The van der Waals surface area contributed by atoms with E-state index in [1.54, 1.807) is 0 Å². The monoisotopic (exact) mass is 266 g/mol. The van der Waals surface area contributed by atoms with Gasteiger partial charge in [-0.1, -0.05) is 36.9 Å². The molecule has 0 amide bonds. The Labute approximate surface area is 119 Å². The first-order valence-corrected chi connectivity index (χ1v) is 7.40. The number of nitrogens with zero attached hydrogens (tertiary/aromatic N) is 1. The van der Waals surface area contributed by atoms with Crippen LogP contribution in [0.15, 0.2) is 36.9 Å². The second-order valence-corrected chi connectivity index (χ2v) is 6.07. The number of ether oxygens (including phenoxy) is 1. The Morgan fingerprint density at radius 3 is 2.70 bits per heavy atom. The molecule has 2 aromatic carbocycles. The van der Waals surface area contributed by atoms with Crippen molar-refractivity contribution in [2.45, 2.75) is 13.1 Å². The summed E-state index contributed by atoms with van der Waals surface area (Å²) >= 11 is 0. The van der Waals surface area contributed by atoms with Crippen LogP contribution in [0.25, 0.3) is 16.8 Å². The van der Waals surface area contributed by atoms with Crippen molar-refractivity contribution >= 4 is 16.8 Å². The molecule has 102 valence electrons. The van der Waals surface area contributed by atoms with E-state index in [1.165, 1.54) is 31.9 Å². The molecule has 1 saturated heterocycles. The molecule has 0 unspecified atom stereocenters. The van der Waals surface area contributed by atoms with E-state index in [-0.39, 0.29) is 0 Å². The predicted octanol–water partition coefficient (Wildman–Crippen LogP) is 3.34. The van der Waals surface area contributed by atoms with E-state index in [1.807, 2.05) is 6.08 Å². The first kappa shape index (κ1) is 12.1. The van der Waals surface area contributed by atoms with Crippen LogP contribution in [0, 0.1) is 0 Å². The summed E-state index contributed by atoms with van der Waals surface area (Å²) in [7, 11) is 0. The van der Waals surface area contributed by atoms with Crippen LogP contribution in [-0.4, -0.2) is 30.8 Å². The first-order valence-electron chi connectivity index (χ1n) is 7.40. The zero-order valence-electron chi connectivity index (χ0n) is 11.8. The summed E-state index contributed by atoms with van der Waals surface area (Å²) < 4.78 is 6.73. The number of hydrogen-bond acceptors (Lipinski definition) is 1. The fourth-order valence-corrected chi connectivity index (χ4v) is 3.84. The van der Waals surface area contributed by atoms with Gasteiger partial charge in [0.25, 0.3) is 0 Å². The lowest BCUT2D eigenvalue weighted by molar-refractivity contribution is -0.953. The summed E-state index contributed by atoms with van der Waals surface area (Å²) in [5.74, 6) is 0. The van der Waals surface area contributed by atoms with E-state index < -0.39 is 0 Å². The molecule has 0 N–H and O–H groups in total. The summed E-state index contributed by atoms with van der Waals surface area (Å²) in [6, 6.07) is 11.1. The number of morpholine rings is 1. The summed E-state index contributed by atoms with van der Waals surface area (Å²) in [6.07, 6.45) is 2.05. The van der Waals surface area contributed by atoms with Gasteiger partial charge in [-0.3, -0.25) is 0 Å². The average Bonchev–Trinajstić information content (AvgIpc) is 2.82. The number of benzene rings is 2. The van der Waals surface area contributed by atoms with E-state index >= 15 is 0 Å². The van der Waals surface area contributed by atoms with E-state index in [9.17, 15) is 0 Å².